The average Bonchev–Trinajstić information content (AvgIpc) is 2.37. The number of hydrogen-bond donors (Lipinski definition) is 2. The molecular weight excluding hydrogens is 273 g/mol. The third-order valence-electron chi connectivity index (χ3n) is 2.98. The van der Waals surface area contributed by atoms with E-state index in [1.54, 1.807) is 6.07 Å². The van der Waals surface area contributed by atoms with Crippen molar-refractivity contribution >= 4 is 16.8 Å². The summed E-state index contributed by atoms with van der Waals surface area (Å²) in [6.07, 6.45) is 0. The Morgan fingerprint density at radius 2 is 2.26 bits per heavy atom. The van der Waals surface area contributed by atoms with Gasteiger partial charge in [0.25, 0.3) is 0 Å². The van der Waals surface area contributed by atoms with Gasteiger partial charge in [-0.3, -0.25) is 14.3 Å². The summed E-state index contributed by atoms with van der Waals surface area (Å²) in [4.78, 5) is 11.0. The number of carbonyl (C=O) groups is 1. The molecule has 3 unspecified atom stereocenters. The number of hydrogen-bond acceptors (Lipinski definition) is 4. The summed E-state index contributed by atoms with van der Waals surface area (Å²) >= 11 is 0. The van der Waals surface area contributed by atoms with E-state index in [1.165, 1.54) is 19.2 Å². The Labute approximate surface area is 112 Å². The molecule has 1 aliphatic heterocycles. The lowest BCUT2D eigenvalue weighted by Gasteiger charge is -2.28. The molecule has 0 aromatic heterocycles. The quantitative estimate of drug-likeness (QED) is 0.855. The Morgan fingerprint density at radius 3 is 2.84 bits per heavy atom. The minimum absolute atomic E-state index is 0.0739. The van der Waals surface area contributed by atoms with Crippen LogP contribution in [-0.4, -0.2) is 39.9 Å². The molecule has 3 atom stereocenters. The van der Waals surface area contributed by atoms with E-state index >= 15 is 0 Å². The van der Waals surface area contributed by atoms with Gasteiger partial charge in [-0.15, -0.1) is 0 Å². The highest BCUT2D eigenvalue weighted by molar-refractivity contribution is 7.85. The highest BCUT2D eigenvalue weighted by Crippen LogP contribution is 2.24. The second-order valence-electron chi connectivity index (χ2n) is 4.28. The van der Waals surface area contributed by atoms with Crippen LogP contribution in [0.15, 0.2) is 18.2 Å². The normalized spacial score (nSPS) is 26.9. The van der Waals surface area contributed by atoms with Crippen LogP contribution >= 0.6 is 0 Å². The van der Waals surface area contributed by atoms with Crippen molar-refractivity contribution in [2.45, 2.75) is 12.1 Å². The number of halogens is 1. The Kier molecular flexibility index (Phi) is 4.16. The number of carboxylic acid groups (broad SMARTS) is 1. The first-order valence-corrected chi connectivity index (χ1v) is 7.17. The Morgan fingerprint density at radius 1 is 1.53 bits per heavy atom. The van der Waals surface area contributed by atoms with E-state index in [2.05, 4.69) is 5.32 Å². The molecule has 0 radical (unpaired) electrons. The van der Waals surface area contributed by atoms with Crippen molar-refractivity contribution < 1.29 is 23.2 Å². The predicted octanol–water partition coefficient (Wildman–Crippen LogP) is 0.680. The van der Waals surface area contributed by atoms with Crippen LogP contribution in [0.25, 0.3) is 0 Å². The van der Waals surface area contributed by atoms with E-state index in [0.29, 0.717) is 5.56 Å². The fraction of sp³-hybridized carbons (Fsp3) is 0.417. The van der Waals surface area contributed by atoms with Gasteiger partial charge in [0.15, 0.2) is 11.6 Å². The number of nitrogens with one attached hydrogen (secondary N) is 1. The second-order valence-corrected chi connectivity index (χ2v) is 5.82. The van der Waals surface area contributed by atoms with E-state index in [-0.39, 0.29) is 17.3 Å². The maximum absolute atomic E-state index is 13.6. The molecule has 5 nitrogen and oxygen atoms in total. The maximum atomic E-state index is 13.6. The van der Waals surface area contributed by atoms with Gasteiger partial charge in [-0.1, -0.05) is 6.07 Å². The van der Waals surface area contributed by atoms with Gasteiger partial charge in [-0.2, -0.15) is 0 Å². The van der Waals surface area contributed by atoms with Gasteiger partial charge in [-0.05, 0) is 17.7 Å². The first-order chi connectivity index (χ1) is 9.01. The van der Waals surface area contributed by atoms with E-state index in [1.807, 2.05) is 0 Å². The number of ether oxygens (including phenoxy) is 1. The number of carboxylic acids is 1. The number of methoxy groups -OCH3 is 1. The van der Waals surface area contributed by atoms with Crippen molar-refractivity contribution in [3.63, 3.8) is 0 Å². The Bertz CT molecular complexity index is 522. The zero-order valence-corrected chi connectivity index (χ0v) is 11.1. The summed E-state index contributed by atoms with van der Waals surface area (Å²) in [5, 5.41) is 11.8. The van der Waals surface area contributed by atoms with E-state index in [0.717, 1.165) is 0 Å². The first kappa shape index (κ1) is 14.0. The fourth-order valence-corrected chi connectivity index (χ4v) is 3.42. The Hall–Kier alpha value is -1.47. The molecule has 2 rings (SSSR count). The van der Waals surface area contributed by atoms with Crippen LogP contribution in [0, 0.1) is 5.82 Å². The minimum atomic E-state index is -1.23. The molecule has 19 heavy (non-hydrogen) atoms. The third kappa shape index (κ3) is 3.10. The number of rotatable bonds is 3. The van der Waals surface area contributed by atoms with Gasteiger partial charge in [0, 0.05) is 28.3 Å². The lowest BCUT2D eigenvalue weighted by molar-refractivity contribution is -0.139. The number of benzene rings is 1. The van der Waals surface area contributed by atoms with Crippen LogP contribution in [0.5, 0.6) is 5.75 Å². The largest absolute Gasteiger partial charge is 0.494 e. The molecule has 1 heterocycles. The van der Waals surface area contributed by atoms with Gasteiger partial charge in [-0.25, -0.2) is 4.39 Å². The molecule has 2 N–H and O–H groups in total. The number of aliphatic carboxylic acids is 1. The maximum Gasteiger partial charge on any atom is 0.321 e. The van der Waals surface area contributed by atoms with Crippen molar-refractivity contribution in [2.24, 2.45) is 0 Å². The summed E-state index contributed by atoms with van der Waals surface area (Å²) in [7, 11) is 0.135. The van der Waals surface area contributed by atoms with Gasteiger partial charge >= 0.3 is 5.97 Å². The van der Waals surface area contributed by atoms with E-state index < -0.39 is 34.7 Å². The summed E-state index contributed by atoms with van der Waals surface area (Å²) in [5.41, 5.74) is 0.567. The Balaban J connectivity index is 2.23. The molecule has 0 saturated carbocycles. The molecule has 1 saturated heterocycles. The van der Waals surface area contributed by atoms with Crippen LogP contribution in [0.3, 0.4) is 0 Å². The molecular formula is C12H14FNO4S. The third-order valence-corrected chi connectivity index (χ3v) is 4.39. The smallest absolute Gasteiger partial charge is 0.321 e. The van der Waals surface area contributed by atoms with Crippen LogP contribution < -0.4 is 10.1 Å². The molecule has 1 fully saturated rings. The van der Waals surface area contributed by atoms with Crippen LogP contribution in [-0.2, 0) is 15.6 Å². The summed E-state index contributed by atoms with van der Waals surface area (Å²) in [6, 6.07) is 3.08. The SMILES string of the molecule is COc1ccc(C2CS(=O)CC(C(=O)O)N2)cc1F. The molecule has 1 aromatic rings. The second kappa shape index (κ2) is 5.66. The van der Waals surface area contributed by atoms with Crippen molar-refractivity contribution in [3.8, 4) is 5.75 Å². The van der Waals surface area contributed by atoms with Crippen LogP contribution in [0.4, 0.5) is 4.39 Å². The summed E-state index contributed by atoms with van der Waals surface area (Å²) in [6.45, 7) is 0. The highest BCUT2D eigenvalue weighted by atomic mass is 32.2. The topological polar surface area (TPSA) is 75.6 Å². The molecule has 0 amide bonds. The first-order valence-electron chi connectivity index (χ1n) is 5.68. The lowest BCUT2D eigenvalue weighted by atomic mass is 10.1. The molecule has 7 heteroatoms. The minimum Gasteiger partial charge on any atom is -0.494 e. The van der Waals surface area contributed by atoms with Gasteiger partial charge in [0.2, 0.25) is 0 Å². The van der Waals surface area contributed by atoms with Crippen molar-refractivity contribution in [2.75, 3.05) is 18.6 Å². The monoisotopic (exact) mass is 287 g/mol. The van der Waals surface area contributed by atoms with Crippen molar-refractivity contribution in [1.82, 2.24) is 5.32 Å². The fourth-order valence-electron chi connectivity index (χ4n) is 2.01. The van der Waals surface area contributed by atoms with E-state index in [9.17, 15) is 13.4 Å². The summed E-state index contributed by atoms with van der Waals surface area (Å²) in [5.74, 6) is -1.10. The molecule has 1 aromatic carbocycles. The molecule has 0 bridgehead atoms. The van der Waals surface area contributed by atoms with Gasteiger partial charge in [0.1, 0.15) is 6.04 Å². The van der Waals surface area contributed by atoms with Gasteiger partial charge in [0.05, 0.1) is 7.11 Å². The average molecular weight is 287 g/mol. The van der Waals surface area contributed by atoms with Crippen molar-refractivity contribution in [3.05, 3.63) is 29.6 Å². The summed E-state index contributed by atoms with van der Waals surface area (Å²) < 4.78 is 30.1. The molecule has 0 spiro atoms. The zero-order chi connectivity index (χ0) is 14.0. The predicted molar refractivity (Wildman–Crippen MR) is 68.1 cm³/mol. The van der Waals surface area contributed by atoms with Crippen LogP contribution in [0.2, 0.25) is 0 Å². The lowest BCUT2D eigenvalue weighted by Crippen LogP contribution is -2.49. The van der Waals surface area contributed by atoms with Crippen molar-refractivity contribution in [1.29, 1.82) is 0 Å². The highest BCUT2D eigenvalue weighted by Gasteiger charge is 2.31. The molecule has 1 aliphatic rings. The van der Waals surface area contributed by atoms with Crippen LogP contribution in [0.1, 0.15) is 11.6 Å². The zero-order valence-electron chi connectivity index (χ0n) is 10.3. The standard InChI is InChI=1S/C12H14FNO4S/c1-18-11-3-2-7(4-8(11)13)9-5-19(17)6-10(14-9)12(15)16/h2-4,9-10,14H,5-6H2,1H3,(H,15,16). The van der Waals surface area contributed by atoms with E-state index in [4.69, 9.17) is 9.84 Å². The molecule has 104 valence electrons. The van der Waals surface area contributed by atoms with Gasteiger partial charge < -0.3 is 9.84 Å². The molecule has 0 aliphatic carbocycles.